The van der Waals surface area contributed by atoms with Crippen molar-refractivity contribution in [3.63, 3.8) is 0 Å². The molecule has 0 spiro atoms. The molecular formula is C13H7ClN4O. The molecule has 0 atom stereocenters. The second-order valence-electron chi connectivity index (χ2n) is 3.85. The number of nitrogens with one attached hydrogen (secondary N) is 1. The summed E-state index contributed by atoms with van der Waals surface area (Å²) in [6.07, 6.45) is 1.65. The van der Waals surface area contributed by atoms with Gasteiger partial charge in [0.05, 0.1) is 5.56 Å². The minimum Gasteiger partial charge on any atom is -0.352 e. The van der Waals surface area contributed by atoms with E-state index in [1.165, 1.54) is 0 Å². The van der Waals surface area contributed by atoms with Crippen molar-refractivity contribution in [1.29, 1.82) is 5.26 Å². The Bertz CT molecular complexity index is 769. The van der Waals surface area contributed by atoms with Gasteiger partial charge in [0, 0.05) is 16.8 Å². The first kappa shape index (κ1) is 11.5. The van der Waals surface area contributed by atoms with Gasteiger partial charge in [-0.25, -0.2) is 0 Å². The standard InChI is InChI=1S/C13H7ClN4O/c14-10-3-1-2-8(4-10)12-17-13(19-18-12)9-5-11(6-15)16-7-9/h1-5,7,16H. The van der Waals surface area contributed by atoms with Crippen LogP contribution >= 0.6 is 11.6 Å². The Kier molecular flexibility index (Phi) is 2.78. The number of aromatic amines is 1. The van der Waals surface area contributed by atoms with Gasteiger partial charge in [0.2, 0.25) is 5.82 Å². The quantitative estimate of drug-likeness (QED) is 0.775. The average Bonchev–Trinajstić information content (AvgIpc) is 3.07. The van der Waals surface area contributed by atoms with Crippen LogP contribution in [0.4, 0.5) is 0 Å². The van der Waals surface area contributed by atoms with Crippen molar-refractivity contribution in [3.8, 4) is 28.9 Å². The first-order valence-electron chi connectivity index (χ1n) is 5.45. The number of benzene rings is 1. The van der Waals surface area contributed by atoms with E-state index >= 15 is 0 Å². The van der Waals surface area contributed by atoms with Gasteiger partial charge in [0.15, 0.2) is 0 Å². The van der Waals surface area contributed by atoms with Gasteiger partial charge in [-0.05, 0) is 18.2 Å². The third-order valence-electron chi connectivity index (χ3n) is 2.56. The number of hydrogen-bond acceptors (Lipinski definition) is 4. The van der Waals surface area contributed by atoms with Crippen LogP contribution < -0.4 is 0 Å². The molecule has 1 N–H and O–H groups in total. The van der Waals surface area contributed by atoms with Crippen LogP contribution in [0.1, 0.15) is 5.69 Å². The van der Waals surface area contributed by atoms with Gasteiger partial charge in [-0.1, -0.05) is 28.9 Å². The van der Waals surface area contributed by atoms with Crippen LogP contribution in [-0.2, 0) is 0 Å². The van der Waals surface area contributed by atoms with Crippen LogP contribution in [0.3, 0.4) is 0 Å². The number of H-pyrrole nitrogens is 1. The summed E-state index contributed by atoms with van der Waals surface area (Å²) in [6, 6.07) is 10.8. The van der Waals surface area contributed by atoms with Crippen LogP contribution in [-0.4, -0.2) is 15.1 Å². The lowest BCUT2D eigenvalue weighted by Crippen LogP contribution is -1.80. The molecule has 2 heterocycles. The van der Waals surface area contributed by atoms with Crippen molar-refractivity contribution < 1.29 is 4.52 Å². The van der Waals surface area contributed by atoms with E-state index in [4.69, 9.17) is 21.4 Å². The lowest BCUT2D eigenvalue weighted by atomic mass is 10.2. The molecule has 0 aliphatic heterocycles. The highest BCUT2D eigenvalue weighted by atomic mass is 35.5. The maximum absolute atomic E-state index is 8.75. The van der Waals surface area contributed by atoms with E-state index in [2.05, 4.69) is 15.1 Å². The molecule has 2 aromatic heterocycles. The van der Waals surface area contributed by atoms with Crippen LogP contribution in [0.5, 0.6) is 0 Å². The molecule has 19 heavy (non-hydrogen) atoms. The topological polar surface area (TPSA) is 78.5 Å². The molecule has 0 amide bonds. The fourth-order valence-electron chi connectivity index (χ4n) is 1.67. The molecule has 0 unspecified atom stereocenters. The van der Waals surface area contributed by atoms with Gasteiger partial charge in [-0.15, -0.1) is 0 Å². The van der Waals surface area contributed by atoms with Crippen LogP contribution in [0.15, 0.2) is 41.1 Å². The Morgan fingerprint density at radius 2 is 2.16 bits per heavy atom. The predicted octanol–water partition coefficient (Wildman–Crippen LogP) is 3.26. The summed E-state index contributed by atoms with van der Waals surface area (Å²) in [6.45, 7) is 0. The zero-order valence-electron chi connectivity index (χ0n) is 9.59. The maximum atomic E-state index is 8.75. The summed E-state index contributed by atoms with van der Waals surface area (Å²) in [5, 5.41) is 13.3. The van der Waals surface area contributed by atoms with Crippen LogP contribution in [0, 0.1) is 11.3 Å². The second-order valence-corrected chi connectivity index (χ2v) is 4.28. The van der Waals surface area contributed by atoms with Gasteiger partial charge >= 0.3 is 0 Å². The van der Waals surface area contributed by atoms with Gasteiger partial charge in [-0.2, -0.15) is 10.2 Å². The van der Waals surface area contributed by atoms with Crippen LogP contribution in [0.2, 0.25) is 5.02 Å². The van der Waals surface area contributed by atoms with Crippen molar-refractivity contribution in [2.75, 3.05) is 0 Å². The fraction of sp³-hybridized carbons (Fsp3) is 0. The van der Waals surface area contributed by atoms with E-state index in [-0.39, 0.29) is 0 Å². The SMILES string of the molecule is N#Cc1cc(-c2nc(-c3cccc(Cl)c3)no2)c[nH]1. The molecule has 92 valence electrons. The molecule has 0 bridgehead atoms. The van der Waals surface area contributed by atoms with E-state index < -0.39 is 0 Å². The molecule has 0 aliphatic carbocycles. The number of halogens is 1. The van der Waals surface area contributed by atoms with Gasteiger partial charge in [0.1, 0.15) is 11.8 Å². The number of nitriles is 1. The molecule has 5 nitrogen and oxygen atoms in total. The molecule has 0 radical (unpaired) electrons. The van der Waals surface area contributed by atoms with Crippen molar-refractivity contribution in [1.82, 2.24) is 15.1 Å². The number of aromatic nitrogens is 3. The Hall–Kier alpha value is -2.58. The predicted molar refractivity (Wildman–Crippen MR) is 69.2 cm³/mol. The molecule has 6 heteroatoms. The normalized spacial score (nSPS) is 10.3. The summed E-state index contributed by atoms with van der Waals surface area (Å²) >= 11 is 5.91. The third-order valence-corrected chi connectivity index (χ3v) is 2.79. The molecular weight excluding hydrogens is 264 g/mol. The minimum absolute atomic E-state index is 0.354. The van der Waals surface area contributed by atoms with Gasteiger partial charge in [-0.3, -0.25) is 0 Å². The molecule has 0 aliphatic rings. The highest BCUT2D eigenvalue weighted by molar-refractivity contribution is 6.30. The maximum Gasteiger partial charge on any atom is 0.259 e. The minimum atomic E-state index is 0.354. The van der Waals surface area contributed by atoms with E-state index in [9.17, 15) is 0 Å². The summed E-state index contributed by atoms with van der Waals surface area (Å²) < 4.78 is 5.17. The average molecular weight is 271 g/mol. The first-order chi connectivity index (χ1) is 9.26. The van der Waals surface area contributed by atoms with Gasteiger partial charge in [0.25, 0.3) is 5.89 Å². The summed E-state index contributed by atoms with van der Waals surface area (Å²) in [4.78, 5) is 7.08. The van der Waals surface area contributed by atoms with E-state index in [0.717, 1.165) is 5.56 Å². The summed E-state index contributed by atoms with van der Waals surface area (Å²) in [5.74, 6) is 0.810. The molecule has 0 fully saturated rings. The number of nitrogens with zero attached hydrogens (tertiary/aromatic N) is 3. The second kappa shape index (κ2) is 4.59. The Balaban J connectivity index is 1.97. The Morgan fingerprint density at radius 1 is 1.26 bits per heavy atom. The molecule has 1 aromatic carbocycles. The van der Waals surface area contributed by atoms with E-state index in [1.807, 2.05) is 18.2 Å². The van der Waals surface area contributed by atoms with Crippen molar-refractivity contribution in [2.45, 2.75) is 0 Å². The zero-order valence-corrected chi connectivity index (χ0v) is 10.3. The molecule has 3 aromatic rings. The van der Waals surface area contributed by atoms with Crippen molar-refractivity contribution in [3.05, 3.63) is 47.2 Å². The van der Waals surface area contributed by atoms with Crippen LogP contribution in [0.25, 0.3) is 22.8 Å². The zero-order chi connectivity index (χ0) is 13.2. The Labute approximate surface area is 113 Å². The largest absolute Gasteiger partial charge is 0.352 e. The lowest BCUT2D eigenvalue weighted by Gasteiger charge is -1.93. The van der Waals surface area contributed by atoms with Crippen molar-refractivity contribution in [2.24, 2.45) is 0 Å². The molecule has 3 rings (SSSR count). The monoisotopic (exact) mass is 270 g/mol. The van der Waals surface area contributed by atoms with E-state index in [1.54, 1.807) is 24.4 Å². The third kappa shape index (κ3) is 2.21. The van der Waals surface area contributed by atoms with Gasteiger partial charge < -0.3 is 9.51 Å². The van der Waals surface area contributed by atoms with Crippen molar-refractivity contribution >= 4 is 11.6 Å². The summed E-state index contributed by atoms with van der Waals surface area (Å²) in [5.41, 5.74) is 1.90. The number of hydrogen-bond donors (Lipinski definition) is 1. The molecule has 0 saturated heterocycles. The molecule has 0 saturated carbocycles. The highest BCUT2D eigenvalue weighted by Gasteiger charge is 2.12. The summed E-state index contributed by atoms with van der Waals surface area (Å²) in [7, 11) is 0. The Morgan fingerprint density at radius 3 is 2.89 bits per heavy atom. The first-order valence-corrected chi connectivity index (χ1v) is 5.82. The number of rotatable bonds is 2. The lowest BCUT2D eigenvalue weighted by molar-refractivity contribution is 0.432. The van der Waals surface area contributed by atoms with E-state index in [0.29, 0.717) is 28.0 Å². The highest BCUT2D eigenvalue weighted by Crippen LogP contribution is 2.24. The fourth-order valence-corrected chi connectivity index (χ4v) is 1.86. The smallest absolute Gasteiger partial charge is 0.259 e.